The van der Waals surface area contributed by atoms with Crippen LogP contribution in [0.5, 0.6) is 0 Å². The van der Waals surface area contributed by atoms with Gasteiger partial charge in [-0.3, -0.25) is 4.79 Å². The Labute approximate surface area is 127 Å². The number of nitriles is 1. The lowest BCUT2D eigenvalue weighted by molar-refractivity contribution is 0.103. The summed E-state index contributed by atoms with van der Waals surface area (Å²) in [5.74, 6) is 0.207. The molecule has 2 heterocycles. The number of tetrazole rings is 1. The fraction of sp³-hybridized carbons (Fsp3) is 0.267. The van der Waals surface area contributed by atoms with Gasteiger partial charge in [-0.1, -0.05) is 24.3 Å². The molecule has 110 valence electrons. The van der Waals surface area contributed by atoms with Gasteiger partial charge in [0, 0.05) is 23.4 Å². The van der Waals surface area contributed by atoms with Crippen LogP contribution in [0.25, 0.3) is 11.4 Å². The van der Waals surface area contributed by atoms with Crippen LogP contribution in [-0.4, -0.2) is 33.0 Å². The second-order valence-electron chi connectivity index (χ2n) is 4.99. The summed E-state index contributed by atoms with van der Waals surface area (Å²) in [5.41, 5.74) is 2.18. The van der Waals surface area contributed by atoms with Crippen molar-refractivity contribution in [1.29, 1.82) is 5.26 Å². The first-order valence-electron chi connectivity index (χ1n) is 7.05. The van der Waals surface area contributed by atoms with Crippen LogP contribution in [0.4, 0.5) is 0 Å². The Morgan fingerprint density at radius 3 is 2.64 bits per heavy atom. The maximum Gasteiger partial charge on any atom is 0.205 e. The predicted octanol–water partition coefficient (Wildman–Crippen LogP) is 1.60. The van der Waals surface area contributed by atoms with Crippen molar-refractivity contribution in [3.63, 3.8) is 0 Å². The van der Waals surface area contributed by atoms with Crippen LogP contribution in [0.15, 0.2) is 35.5 Å². The molecule has 0 saturated carbocycles. The Hall–Kier alpha value is -3.01. The molecule has 1 aliphatic rings. The fourth-order valence-electron chi connectivity index (χ4n) is 2.42. The highest BCUT2D eigenvalue weighted by Gasteiger charge is 2.19. The van der Waals surface area contributed by atoms with E-state index in [9.17, 15) is 10.1 Å². The summed E-state index contributed by atoms with van der Waals surface area (Å²) in [4.78, 5) is 12.5. The summed E-state index contributed by atoms with van der Waals surface area (Å²) < 4.78 is 0. The smallest absolute Gasteiger partial charge is 0.205 e. The van der Waals surface area contributed by atoms with Gasteiger partial charge in [-0.2, -0.15) is 10.5 Å². The van der Waals surface area contributed by atoms with Gasteiger partial charge in [0.25, 0.3) is 0 Å². The fourth-order valence-corrected chi connectivity index (χ4v) is 2.42. The van der Waals surface area contributed by atoms with Gasteiger partial charge in [-0.05, 0) is 24.5 Å². The zero-order chi connectivity index (χ0) is 15.4. The Balaban J connectivity index is 1.87. The zero-order valence-electron chi connectivity index (χ0n) is 11.8. The van der Waals surface area contributed by atoms with Crippen LogP contribution in [0.2, 0.25) is 0 Å². The van der Waals surface area contributed by atoms with E-state index in [0.29, 0.717) is 11.4 Å². The van der Waals surface area contributed by atoms with Crippen molar-refractivity contribution in [1.82, 2.24) is 25.9 Å². The van der Waals surface area contributed by atoms with Gasteiger partial charge in [-0.25, -0.2) is 0 Å². The van der Waals surface area contributed by atoms with Crippen LogP contribution >= 0.6 is 0 Å². The summed E-state index contributed by atoms with van der Waals surface area (Å²) in [5, 5.41) is 26.1. The van der Waals surface area contributed by atoms with Crippen molar-refractivity contribution < 1.29 is 4.79 Å². The minimum atomic E-state index is -0.258. The monoisotopic (exact) mass is 294 g/mol. The minimum absolute atomic E-state index is 0.201. The van der Waals surface area contributed by atoms with Gasteiger partial charge in [-0.15, -0.1) is 10.2 Å². The molecule has 1 aromatic carbocycles. The third kappa shape index (κ3) is 2.72. The van der Waals surface area contributed by atoms with Crippen molar-refractivity contribution in [3.05, 3.63) is 41.1 Å². The van der Waals surface area contributed by atoms with E-state index in [1.165, 1.54) is 0 Å². The number of allylic oxidation sites excluding steroid dienone is 2. The quantitative estimate of drug-likeness (QED) is 0.506. The number of aromatic nitrogens is 4. The standard InChI is InChI=1S/C15H14N6O/c16-9-12(13-3-1-2-8-17-13)14(22)10-4-6-11(7-5-10)15-18-20-21-19-15/h4-7,17H,1-3,8H2,(H,18,19,20,21)/b13-12+. The molecule has 0 atom stereocenters. The van der Waals surface area contributed by atoms with Crippen molar-refractivity contribution in [3.8, 4) is 17.5 Å². The van der Waals surface area contributed by atoms with E-state index in [1.54, 1.807) is 24.3 Å². The number of H-pyrrole nitrogens is 1. The molecule has 0 amide bonds. The number of ketones is 1. The summed E-state index contributed by atoms with van der Waals surface area (Å²) in [6.45, 7) is 0.810. The summed E-state index contributed by atoms with van der Waals surface area (Å²) in [7, 11) is 0. The number of aromatic amines is 1. The highest BCUT2D eigenvalue weighted by Crippen LogP contribution is 2.20. The highest BCUT2D eigenvalue weighted by molar-refractivity contribution is 6.11. The highest BCUT2D eigenvalue weighted by atomic mass is 16.1. The lowest BCUT2D eigenvalue weighted by Crippen LogP contribution is -2.23. The second kappa shape index (κ2) is 6.18. The van der Waals surface area contributed by atoms with Gasteiger partial charge in [0.15, 0.2) is 0 Å². The molecule has 0 radical (unpaired) electrons. The molecule has 1 fully saturated rings. The van der Waals surface area contributed by atoms with Gasteiger partial charge in [0.2, 0.25) is 11.6 Å². The first-order chi connectivity index (χ1) is 10.8. The summed E-state index contributed by atoms with van der Waals surface area (Å²) in [6, 6.07) is 8.88. The number of carbonyl (C=O) groups is 1. The van der Waals surface area contributed by atoms with E-state index < -0.39 is 0 Å². The van der Waals surface area contributed by atoms with E-state index in [1.807, 2.05) is 6.07 Å². The number of nitrogens with zero attached hydrogens (tertiary/aromatic N) is 4. The number of nitrogens with one attached hydrogen (secondary N) is 2. The zero-order valence-corrected chi connectivity index (χ0v) is 11.8. The molecule has 2 aromatic rings. The molecule has 0 unspecified atom stereocenters. The third-order valence-electron chi connectivity index (χ3n) is 3.58. The normalized spacial score (nSPS) is 16.5. The third-order valence-corrected chi connectivity index (χ3v) is 3.58. The molecule has 7 nitrogen and oxygen atoms in total. The SMILES string of the molecule is N#C/C(C(=O)c1ccc(-c2nn[nH]n2)cc1)=C1/CCCCN1. The van der Waals surface area contributed by atoms with E-state index in [-0.39, 0.29) is 11.4 Å². The number of carbonyl (C=O) groups excluding carboxylic acids is 1. The maximum absolute atomic E-state index is 12.5. The van der Waals surface area contributed by atoms with Crippen molar-refractivity contribution in [2.24, 2.45) is 0 Å². The molecule has 1 saturated heterocycles. The molecular weight excluding hydrogens is 280 g/mol. The van der Waals surface area contributed by atoms with Crippen molar-refractivity contribution in [2.75, 3.05) is 6.54 Å². The van der Waals surface area contributed by atoms with E-state index >= 15 is 0 Å². The lowest BCUT2D eigenvalue weighted by atomic mass is 9.97. The van der Waals surface area contributed by atoms with Gasteiger partial charge < -0.3 is 5.32 Å². The van der Waals surface area contributed by atoms with Crippen LogP contribution < -0.4 is 5.32 Å². The van der Waals surface area contributed by atoms with E-state index in [2.05, 4.69) is 25.9 Å². The number of Topliss-reactive ketones (excluding diaryl/α,β-unsaturated/α-hetero) is 1. The summed E-state index contributed by atoms with van der Waals surface area (Å²) in [6.07, 6.45) is 2.81. The van der Waals surface area contributed by atoms with Crippen LogP contribution in [-0.2, 0) is 0 Å². The molecule has 0 spiro atoms. The second-order valence-corrected chi connectivity index (χ2v) is 4.99. The number of benzene rings is 1. The van der Waals surface area contributed by atoms with Gasteiger partial charge >= 0.3 is 0 Å². The Bertz CT molecular complexity index is 731. The van der Waals surface area contributed by atoms with Crippen molar-refractivity contribution in [2.45, 2.75) is 19.3 Å². The molecule has 0 bridgehead atoms. The van der Waals surface area contributed by atoms with Crippen LogP contribution in [0.1, 0.15) is 29.6 Å². The summed E-state index contributed by atoms with van der Waals surface area (Å²) >= 11 is 0. The average Bonchev–Trinajstić information content (AvgIpc) is 3.11. The van der Waals surface area contributed by atoms with Crippen molar-refractivity contribution >= 4 is 5.78 Å². The number of rotatable bonds is 3. The largest absolute Gasteiger partial charge is 0.387 e. The molecule has 22 heavy (non-hydrogen) atoms. The van der Waals surface area contributed by atoms with Gasteiger partial charge in [0.1, 0.15) is 11.6 Å². The number of hydrogen-bond acceptors (Lipinski definition) is 6. The first-order valence-corrected chi connectivity index (χ1v) is 7.05. The molecule has 1 aromatic heterocycles. The predicted molar refractivity (Wildman–Crippen MR) is 78.4 cm³/mol. The van der Waals surface area contributed by atoms with E-state index in [4.69, 9.17) is 0 Å². The number of piperidine rings is 1. The van der Waals surface area contributed by atoms with Crippen LogP contribution in [0, 0.1) is 11.3 Å². The molecule has 0 aliphatic carbocycles. The topological polar surface area (TPSA) is 107 Å². The Morgan fingerprint density at radius 1 is 1.23 bits per heavy atom. The minimum Gasteiger partial charge on any atom is -0.387 e. The Kier molecular flexibility index (Phi) is 3.92. The van der Waals surface area contributed by atoms with E-state index in [0.717, 1.165) is 37.1 Å². The lowest BCUT2D eigenvalue weighted by Gasteiger charge is -2.17. The molecule has 1 aliphatic heterocycles. The van der Waals surface area contributed by atoms with Gasteiger partial charge in [0.05, 0.1) is 0 Å². The molecular formula is C15H14N6O. The molecule has 7 heteroatoms. The maximum atomic E-state index is 12.5. The Morgan fingerprint density at radius 2 is 2.05 bits per heavy atom. The number of hydrogen-bond donors (Lipinski definition) is 2. The average molecular weight is 294 g/mol. The van der Waals surface area contributed by atoms with Crippen LogP contribution in [0.3, 0.4) is 0 Å². The molecule has 2 N–H and O–H groups in total. The first kappa shape index (κ1) is 13.9. The molecule has 3 rings (SSSR count).